The van der Waals surface area contributed by atoms with Gasteiger partial charge in [0.1, 0.15) is 12.4 Å². The third kappa shape index (κ3) is 3.13. The molecule has 2 aromatic rings. The van der Waals surface area contributed by atoms with Gasteiger partial charge in [0.2, 0.25) is 5.91 Å². The van der Waals surface area contributed by atoms with Crippen molar-refractivity contribution < 1.29 is 14.5 Å². The number of hydrogen-bond acceptors (Lipinski definition) is 6. The Bertz CT molecular complexity index is 1150. The van der Waals surface area contributed by atoms with Crippen molar-refractivity contribution in [3.8, 4) is 6.07 Å². The zero-order valence-corrected chi connectivity index (χ0v) is 16.3. The lowest BCUT2D eigenvalue weighted by Gasteiger charge is -2.37. The second-order valence-electron chi connectivity index (χ2n) is 6.88. The van der Waals surface area contributed by atoms with Crippen LogP contribution in [-0.4, -0.2) is 33.0 Å². The van der Waals surface area contributed by atoms with E-state index < -0.39 is 16.8 Å². The molecule has 9 heteroatoms. The van der Waals surface area contributed by atoms with Gasteiger partial charge >= 0.3 is 0 Å². The Kier molecular flexibility index (Phi) is 4.85. The summed E-state index contributed by atoms with van der Waals surface area (Å²) in [6.45, 7) is -0.0646. The summed E-state index contributed by atoms with van der Waals surface area (Å²) >= 11 is 5.60. The molecule has 148 valence electrons. The first kappa shape index (κ1) is 19.4. The molecule has 2 aliphatic heterocycles. The predicted octanol–water partition coefficient (Wildman–Crippen LogP) is 2.69. The Morgan fingerprint density at radius 3 is 2.47 bits per heavy atom. The van der Waals surface area contributed by atoms with Gasteiger partial charge in [-0.1, -0.05) is 54.7 Å². The number of nitriles is 1. The van der Waals surface area contributed by atoms with E-state index in [0.29, 0.717) is 11.1 Å². The molecular formula is C21H14N4O4S. The summed E-state index contributed by atoms with van der Waals surface area (Å²) in [5.41, 5.74) is 1.04. The molecule has 0 spiro atoms. The van der Waals surface area contributed by atoms with Crippen molar-refractivity contribution in [2.45, 2.75) is 5.92 Å². The van der Waals surface area contributed by atoms with Gasteiger partial charge in [-0.05, 0) is 5.56 Å². The van der Waals surface area contributed by atoms with Crippen molar-refractivity contribution in [1.82, 2.24) is 10.2 Å². The SMILES string of the molecule is N#CC1=C2NC(=O)CN2C(=S)C(C(=O)c2ccccc2)C1c1ccc([N+](=O)[O-])cc1. The maximum absolute atomic E-state index is 13.4. The number of thiocarbonyl (C=S) groups is 1. The summed E-state index contributed by atoms with van der Waals surface area (Å²) in [6.07, 6.45) is 0. The molecule has 2 heterocycles. The number of nitrogens with zero attached hydrogens (tertiary/aromatic N) is 3. The molecule has 1 amide bonds. The lowest BCUT2D eigenvalue weighted by atomic mass is 9.74. The van der Waals surface area contributed by atoms with Crippen LogP contribution in [0.1, 0.15) is 21.8 Å². The van der Waals surface area contributed by atoms with E-state index in [2.05, 4.69) is 11.4 Å². The summed E-state index contributed by atoms with van der Waals surface area (Å²) < 4.78 is 0. The summed E-state index contributed by atoms with van der Waals surface area (Å²) in [6, 6.07) is 16.4. The fourth-order valence-corrected chi connectivity index (χ4v) is 4.22. The standard InChI is InChI=1S/C21H14N4O4S/c22-10-15-17(12-6-8-14(9-7-12)25(28)29)18(19(27)13-4-2-1-3-5-13)21(30)24-11-16(26)23-20(15)24/h1-9,17-18H,11H2,(H,23,26). The summed E-state index contributed by atoms with van der Waals surface area (Å²) in [5, 5.41) is 23.6. The number of Topliss-reactive ketones (excluding diaryl/α,β-unsaturated/α-hetero) is 1. The summed E-state index contributed by atoms with van der Waals surface area (Å²) in [7, 11) is 0. The number of fused-ring (bicyclic) bond motifs is 1. The van der Waals surface area contributed by atoms with Gasteiger partial charge in [-0.3, -0.25) is 19.7 Å². The van der Waals surface area contributed by atoms with E-state index in [9.17, 15) is 25.0 Å². The van der Waals surface area contributed by atoms with Crippen molar-refractivity contribution in [3.05, 3.63) is 87.2 Å². The number of allylic oxidation sites excluding steroid dienone is 1. The minimum Gasteiger partial charge on any atom is -0.311 e. The van der Waals surface area contributed by atoms with Crippen LogP contribution in [0.25, 0.3) is 0 Å². The highest BCUT2D eigenvalue weighted by Crippen LogP contribution is 2.42. The molecule has 2 aromatic carbocycles. The lowest BCUT2D eigenvalue weighted by molar-refractivity contribution is -0.384. The third-order valence-corrected chi connectivity index (χ3v) is 5.66. The first-order valence-corrected chi connectivity index (χ1v) is 9.42. The molecule has 2 unspecified atom stereocenters. The van der Waals surface area contributed by atoms with E-state index in [-0.39, 0.29) is 40.3 Å². The number of nitro groups is 1. The minimum atomic E-state index is -0.907. The first-order chi connectivity index (χ1) is 14.4. The van der Waals surface area contributed by atoms with Crippen LogP contribution >= 0.6 is 12.2 Å². The second-order valence-corrected chi connectivity index (χ2v) is 7.30. The molecule has 30 heavy (non-hydrogen) atoms. The maximum Gasteiger partial charge on any atom is 0.269 e. The fourth-order valence-electron chi connectivity index (χ4n) is 3.82. The van der Waals surface area contributed by atoms with Crippen LogP contribution in [0.3, 0.4) is 0 Å². The normalized spacial score (nSPS) is 20.4. The first-order valence-electron chi connectivity index (χ1n) is 9.01. The largest absolute Gasteiger partial charge is 0.311 e. The molecule has 4 rings (SSSR count). The average molecular weight is 418 g/mol. The van der Waals surface area contributed by atoms with Crippen molar-refractivity contribution >= 4 is 34.6 Å². The van der Waals surface area contributed by atoms with Crippen LogP contribution in [0.4, 0.5) is 5.69 Å². The molecule has 2 aliphatic rings. The lowest BCUT2D eigenvalue weighted by Crippen LogP contribution is -2.45. The number of rotatable bonds is 4. The quantitative estimate of drug-likeness (QED) is 0.351. The van der Waals surface area contributed by atoms with E-state index >= 15 is 0 Å². The van der Waals surface area contributed by atoms with Crippen LogP contribution < -0.4 is 5.32 Å². The van der Waals surface area contributed by atoms with E-state index in [1.807, 2.05) is 0 Å². The topological polar surface area (TPSA) is 116 Å². The number of hydrogen-bond donors (Lipinski definition) is 1. The number of carbonyl (C=O) groups excluding carboxylic acids is 2. The number of non-ortho nitro benzene ring substituents is 1. The Morgan fingerprint density at radius 2 is 1.87 bits per heavy atom. The third-order valence-electron chi connectivity index (χ3n) is 5.19. The van der Waals surface area contributed by atoms with Crippen molar-refractivity contribution in [2.75, 3.05) is 6.54 Å². The highest BCUT2D eigenvalue weighted by Gasteiger charge is 2.47. The molecule has 0 saturated carbocycles. The number of amides is 1. The Labute approximate surface area is 176 Å². The minimum absolute atomic E-state index is 0.0646. The number of benzene rings is 2. The number of nitrogens with one attached hydrogen (secondary N) is 1. The Hall–Kier alpha value is -3.90. The van der Waals surface area contributed by atoms with Gasteiger partial charge in [0.15, 0.2) is 5.78 Å². The number of nitro benzene ring substituents is 1. The Balaban J connectivity index is 1.89. The highest BCUT2D eigenvalue weighted by atomic mass is 32.1. The summed E-state index contributed by atoms with van der Waals surface area (Å²) in [5.74, 6) is -2.02. The molecule has 0 bridgehead atoms. The van der Waals surface area contributed by atoms with Gasteiger partial charge in [-0.15, -0.1) is 0 Å². The van der Waals surface area contributed by atoms with Crippen LogP contribution in [0, 0.1) is 27.4 Å². The van der Waals surface area contributed by atoms with Crippen LogP contribution in [-0.2, 0) is 4.79 Å². The van der Waals surface area contributed by atoms with Gasteiger partial charge in [0.25, 0.3) is 5.69 Å². The molecule has 0 aromatic heterocycles. The predicted molar refractivity (Wildman–Crippen MR) is 110 cm³/mol. The van der Waals surface area contributed by atoms with E-state index in [1.165, 1.54) is 29.2 Å². The molecule has 0 aliphatic carbocycles. The highest BCUT2D eigenvalue weighted by molar-refractivity contribution is 7.80. The average Bonchev–Trinajstić information content (AvgIpc) is 3.15. The van der Waals surface area contributed by atoms with Crippen molar-refractivity contribution in [3.63, 3.8) is 0 Å². The van der Waals surface area contributed by atoms with Crippen LogP contribution in [0.5, 0.6) is 0 Å². The monoisotopic (exact) mass is 418 g/mol. The van der Waals surface area contributed by atoms with Crippen LogP contribution in [0.15, 0.2) is 66.0 Å². The van der Waals surface area contributed by atoms with Gasteiger partial charge in [0, 0.05) is 23.6 Å². The molecular weight excluding hydrogens is 404 g/mol. The Morgan fingerprint density at radius 1 is 1.20 bits per heavy atom. The van der Waals surface area contributed by atoms with E-state index in [4.69, 9.17) is 12.2 Å². The molecule has 2 atom stereocenters. The number of ketones is 1. The molecule has 1 saturated heterocycles. The zero-order valence-electron chi connectivity index (χ0n) is 15.4. The van der Waals surface area contributed by atoms with Gasteiger partial charge < -0.3 is 10.2 Å². The van der Waals surface area contributed by atoms with Gasteiger partial charge in [-0.25, -0.2) is 0 Å². The molecule has 1 fully saturated rings. The summed E-state index contributed by atoms with van der Waals surface area (Å²) in [4.78, 5) is 37.7. The van der Waals surface area contributed by atoms with Crippen molar-refractivity contribution in [1.29, 1.82) is 5.26 Å². The fraction of sp³-hybridized carbons (Fsp3) is 0.143. The van der Waals surface area contributed by atoms with E-state index in [1.54, 1.807) is 30.3 Å². The van der Waals surface area contributed by atoms with Crippen LogP contribution in [0.2, 0.25) is 0 Å². The molecule has 8 nitrogen and oxygen atoms in total. The van der Waals surface area contributed by atoms with Gasteiger partial charge in [-0.2, -0.15) is 5.26 Å². The van der Waals surface area contributed by atoms with Crippen molar-refractivity contribution in [2.24, 2.45) is 5.92 Å². The molecule has 1 N–H and O–H groups in total. The van der Waals surface area contributed by atoms with Gasteiger partial charge in [0.05, 0.1) is 27.5 Å². The molecule has 0 radical (unpaired) electrons. The number of carbonyl (C=O) groups is 2. The maximum atomic E-state index is 13.4. The zero-order chi connectivity index (χ0) is 21.4. The smallest absolute Gasteiger partial charge is 0.269 e. The second kappa shape index (κ2) is 7.50. The van der Waals surface area contributed by atoms with E-state index in [0.717, 1.165) is 0 Å².